The van der Waals surface area contributed by atoms with E-state index in [1.807, 2.05) is 0 Å². The number of amides is 1. The summed E-state index contributed by atoms with van der Waals surface area (Å²) < 4.78 is 13.9. The lowest BCUT2D eigenvalue weighted by molar-refractivity contribution is -0.120. The molecule has 0 spiro atoms. The molecule has 4 heteroatoms. The first kappa shape index (κ1) is 13.4. The largest absolute Gasteiger partial charge is 0.356 e. The highest BCUT2D eigenvalue weighted by Gasteiger charge is 2.03. The summed E-state index contributed by atoms with van der Waals surface area (Å²) in [6.07, 6.45) is 2.36. The molecule has 1 aromatic carbocycles. The summed E-state index contributed by atoms with van der Waals surface area (Å²) in [4.78, 5) is 11.5. The average molecular weight is 335 g/mol. The highest BCUT2D eigenvalue weighted by Crippen LogP contribution is 2.04. The van der Waals surface area contributed by atoms with Crippen LogP contribution in [0.5, 0.6) is 0 Å². The molecule has 1 amide bonds. The van der Waals surface area contributed by atoms with Crippen molar-refractivity contribution >= 4 is 28.5 Å². The molecule has 0 aliphatic heterocycles. The fraction of sp³-hybridized carbons (Fsp3) is 0.417. The van der Waals surface area contributed by atoms with Gasteiger partial charge in [-0.05, 0) is 35.0 Å². The summed E-state index contributed by atoms with van der Waals surface area (Å²) in [6.45, 7) is 0.706. The van der Waals surface area contributed by atoms with Crippen molar-refractivity contribution in [3.8, 4) is 0 Å². The molecular formula is C12H15FINO. The number of carbonyl (C=O) groups excluding carboxylic acids is 1. The van der Waals surface area contributed by atoms with Gasteiger partial charge in [0, 0.05) is 6.54 Å². The van der Waals surface area contributed by atoms with Crippen LogP contribution in [0, 0.1) is 5.82 Å². The molecule has 0 saturated carbocycles. The van der Waals surface area contributed by atoms with Crippen LogP contribution < -0.4 is 5.32 Å². The Bertz CT molecular complexity index is 344. The van der Waals surface area contributed by atoms with E-state index in [2.05, 4.69) is 27.9 Å². The van der Waals surface area contributed by atoms with Crippen molar-refractivity contribution in [3.05, 3.63) is 35.6 Å². The molecule has 0 unspecified atom stereocenters. The van der Waals surface area contributed by atoms with Crippen molar-refractivity contribution in [3.63, 3.8) is 0 Å². The molecule has 0 fully saturated rings. The summed E-state index contributed by atoms with van der Waals surface area (Å²) in [7, 11) is 0. The Labute approximate surface area is 109 Å². The van der Waals surface area contributed by atoms with Crippen LogP contribution in [-0.2, 0) is 11.2 Å². The fourth-order valence-corrected chi connectivity index (χ4v) is 1.88. The predicted octanol–water partition coefficient (Wildman–Crippen LogP) is 2.70. The van der Waals surface area contributed by atoms with Gasteiger partial charge in [0.15, 0.2) is 0 Å². The maximum atomic E-state index is 12.8. The highest BCUT2D eigenvalue weighted by atomic mass is 127. The van der Waals surface area contributed by atoms with Crippen LogP contribution in [0.1, 0.15) is 18.4 Å². The number of hydrogen-bond donors (Lipinski definition) is 1. The smallest absolute Gasteiger partial charge is 0.224 e. The number of alkyl halides is 1. The minimum atomic E-state index is -0.296. The number of benzene rings is 1. The molecule has 2 nitrogen and oxygen atoms in total. The van der Waals surface area contributed by atoms with Crippen molar-refractivity contribution in [1.82, 2.24) is 5.32 Å². The van der Waals surface area contributed by atoms with Gasteiger partial charge < -0.3 is 5.32 Å². The van der Waals surface area contributed by atoms with Crippen molar-refractivity contribution in [2.45, 2.75) is 19.3 Å². The van der Waals surface area contributed by atoms with Gasteiger partial charge in [-0.25, -0.2) is 4.39 Å². The summed E-state index contributed by atoms with van der Waals surface area (Å²) in [5.41, 5.74) is 0.714. The van der Waals surface area contributed by atoms with E-state index in [4.69, 9.17) is 0 Å². The molecule has 1 rings (SSSR count). The summed E-state index contributed by atoms with van der Waals surface area (Å²) >= 11 is 2.31. The molecule has 0 saturated heterocycles. The van der Waals surface area contributed by atoms with Crippen LogP contribution >= 0.6 is 22.6 Å². The number of hydrogen-bond acceptors (Lipinski definition) is 1. The number of rotatable bonds is 6. The number of halogens is 2. The average Bonchev–Trinajstić information content (AvgIpc) is 2.24. The SMILES string of the molecule is O=C(Cc1cccc(F)c1)NCCCCI. The number of unbranched alkanes of at least 4 members (excludes halogenated alkanes) is 1. The van der Waals surface area contributed by atoms with Gasteiger partial charge >= 0.3 is 0 Å². The quantitative estimate of drug-likeness (QED) is 0.483. The third kappa shape index (κ3) is 5.44. The van der Waals surface area contributed by atoms with Crippen molar-refractivity contribution in [2.75, 3.05) is 11.0 Å². The van der Waals surface area contributed by atoms with E-state index in [0.29, 0.717) is 12.1 Å². The fourth-order valence-electron chi connectivity index (χ4n) is 1.34. The van der Waals surface area contributed by atoms with Crippen LogP contribution in [0.25, 0.3) is 0 Å². The minimum absolute atomic E-state index is 0.0425. The first-order chi connectivity index (χ1) is 7.72. The molecule has 0 aliphatic rings. The predicted molar refractivity (Wildman–Crippen MR) is 71.2 cm³/mol. The van der Waals surface area contributed by atoms with E-state index in [9.17, 15) is 9.18 Å². The van der Waals surface area contributed by atoms with Crippen LogP contribution in [0.4, 0.5) is 4.39 Å². The Kier molecular flexibility index (Phi) is 6.37. The van der Waals surface area contributed by atoms with Crippen molar-refractivity contribution in [1.29, 1.82) is 0 Å². The Hall–Kier alpha value is -0.650. The molecule has 0 atom stereocenters. The lowest BCUT2D eigenvalue weighted by atomic mass is 10.1. The molecule has 0 aromatic heterocycles. The molecule has 1 N–H and O–H groups in total. The Balaban J connectivity index is 2.29. The second kappa shape index (κ2) is 7.60. The molecular weight excluding hydrogens is 320 g/mol. The van der Waals surface area contributed by atoms with E-state index in [0.717, 1.165) is 17.3 Å². The lowest BCUT2D eigenvalue weighted by Crippen LogP contribution is -2.26. The third-order valence-corrected chi connectivity index (χ3v) is 2.90. The second-order valence-corrected chi connectivity index (χ2v) is 4.63. The second-order valence-electron chi connectivity index (χ2n) is 3.55. The van der Waals surface area contributed by atoms with Gasteiger partial charge in [0.2, 0.25) is 5.91 Å². The molecule has 0 radical (unpaired) electrons. The van der Waals surface area contributed by atoms with Crippen LogP contribution in [0.3, 0.4) is 0 Å². The Morgan fingerprint density at radius 1 is 1.38 bits per heavy atom. The molecule has 16 heavy (non-hydrogen) atoms. The van der Waals surface area contributed by atoms with Crippen molar-refractivity contribution in [2.24, 2.45) is 0 Å². The van der Waals surface area contributed by atoms with Gasteiger partial charge in [0.05, 0.1) is 6.42 Å². The molecule has 88 valence electrons. The first-order valence-electron chi connectivity index (χ1n) is 5.29. The Morgan fingerprint density at radius 2 is 2.19 bits per heavy atom. The zero-order chi connectivity index (χ0) is 11.8. The number of carbonyl (C=O) groups is 1. The topological polar surface area (TPSA) is 29.1 Å². The summed E-state index contributed by atoms with van der Waals surface area (Å²) in [6, 6.07) is 6.15. The van der Waals surface area contributed by atoms with Crippen LogP contribution in [0.2, 0.25) is 0 Å². The standard InChI is InChI=1S/C12H15FINO/c13-11-5-3-4-10(8-11)9-12(16)15-7-2-1-6-14/h3-5,8H,1-2,6-7,9H2,(H,15,16). The molecule has 0 aliphatic carbocycles. The van der Waals surface area contributed by atoms with Crippen LogP contribution in [0.15, 0.2) is 24.3 Å². The van der Waals surface area contributed by atoms with Crippen molar-refractivity contribution < 1.29 is 9.18 Å². The van der Waals surface area contributed by atoms with E-state index in [1.54, 1.807) is 12.1 Å². The zero-order valence-electron chi connectivity index (χ0n) is 9.01. The summed E-state index contributed by atoms with van der Waals surface area (Å²) in [5, 5.41) is 2.82. The minimum Gasteiger partial charge on any atom is -0.356 e. The first-order valence-corrected chi connectivity index (χ1v) is 6.82. The molecule has 0 bridgehead atoms. The van der Waals surface area contributed by atoms with E-state index in [1.165, 1.54) is 12.1 Å². The Morgan fingerprint density at radius 3 is 2.88 bits per heavy atom. The maximum Gasteiger partial charge on any atom is 0.224 e. The zero-order valence-corrected chi connectivity index (χ0v) is 11.2. The van der Waals surface area contributed by atoms with Gasteiger partial charge in [-0.3, -0.25) is 4.79 Å². The van der Waals surface area contributed by atoms with Gasteiger partial charge in [-0.1, -0.05) is 34.7 Å². The molecule has 1 aromatic rings. The van der Waals surface area contributed by atoms with Gasteiger partial charge in [0.25, 0.3) is 0 Å². The maximum absolute atomic E-state index is 12.8. The summed E-state index contributed by atoms with van der Waals surface area (Å²) in [5.74, 6) is -0.339. The van der Waals surface area contributed by atoms with E-state index >= 15 is 0 Å². The normalized spacial score (nSPS) is 10.1. The monoisotopic (exact) mass is 335 g/mol. The third-order valence-electron chi connectivity index (χ3n) is 2.14. The van der Waals surface area contributed by atoms with E-state index < -0.39 is 0 Å². The van der Waals surface area contributed by atoms with Gasteiger partial charge in [-0.15, -0.1) is 0 Å². The highest BCUT2D eigenvalue weighted by molar-refractivity contribution is 14.1. The van der Waals surface area contributed by atoms with Crippen LogP contribution in [-0.4, -0.2) is 16.9 Å². The number of nitrogens with one attached hydrogen (secondary N) is 1. The molecule has 0 heterocycles. The van der Waals surface area contributed by atoms with Gasteiger partial charge in [0.1, 0.15) is 5.82 Å². The van der Waals surface area contributed by atoms with Gasteiger partial charge in [-0.2, -0.15) is 0 Å². The lowest BCUT2D eigenvalue weighted by Gasteiger charge is -2.04. The van der Waals surface area contributed by atoms with E-state index in [-0.39, 0.29) is 18.1 Å².